The molecule has 0 radical (unpaired) electrons. The van der Waals surface area contributed by atoms with Crippen molar-refractivity contribution in [3.05, 3.63) is 145 Å². The van der Waals surface area contributed by atoms with E-state index in [0.29, 0.717) is 5.92 Å². The Labute approximate surface area is 246 Å². The van der Waals surface area contributed by atoms with E-state index in [1.807, 2.05) is 0 Å². The molecule has 0 saturated heterocycles. The summed E-state index contributed by atoms with van der Waals surface area (Å²) in [6.45, 7) is 2.38. The molecule has 1 heterocycles. The van der Waals surface area contributed by atoms with Crippen molar-refractivity contribution < 1.29 is 0 Å². The molecule has 0 bridgehead atoms. The number of aryl methyl sites for hydroxylation is 1. The first kappa shape index (κ1) is 24.7. The Morgan fingerprint density at radius 1 is 0.619 bits per heavy atom. The summed E-state index contributed by atoms with van der Waals surface area (Å²) in [6.07, 6.45) is 5.77. The minimum absolute atomic E-state index is 0.458. The van der Waals surface area contributed by atoms with E-state index in [9.17, 15) is 0 Å². The molecule has 1 aliphatic carbocycles. The third kappa shape index (κ3) is 3.79. The van der Waals surface area contributed by atoms with Crippen LogP contribution in [0.5, 0.6) is 0 Å². The van der Waals surface area contributed by atoms with Crippen LogP contribution in [0.15, 0.2) is 133 Å². The van der Waals surface area contributed by atoms with Crippen LogP contribution in [0.3, 0.4) is 0 Å². The van der Waals surface area contributed by atoms with Crippen molar-refractivity contribution >= 4 is 55.7 Å². The van der Waals surface area contributed by atoms with Crippen LogP contribution >= 0.6 is 0 Å². The van der Waals surface area contributed by atoms with Crippen LogP contribution < -0.4 is 4.90 Å². The zero-order valence-electron chi connectivity index (χ0n) is 24.0. The Balaban J connectivity index is 1.42. The van der Waals surface area contributed by atoms with Gasteiger partial charge in [-0.2, -0.15) is 0 Å². The number of aromatic nitrogens is 1. The van der Waals surface area contributed by atoms with Crippen LogP contribution in [0.25, 0.3) is 49.8 Å². The summed E-state index contributed by atoms with van der Waals surface area (Å²) in [5.41, 5.74) is 11.3. The summed E-state index contributed by atoms with van der Waals surface area (Å²) in [6, 6.07) is 46.2. The summed E-state index contributed by atoms with van der Waals surface area (Å²) in [4.78, 5) is 2.39. The molecule has 2 heteroatoms. The summed E-state index contributed by atoms with van der Waals surface area (Å²) < 4.78 is 2.41. The van der Waals surface area contributed by atoms with E-state index in [4.69, 9.17) is 0 Å². The second kappa shape index (κ2) is 9.78. The molecular weight excluding hydrogens is 508 g/mol. The van der Waals surface area contributed by atoms with Crippen molar-refractivity contribution in [1.82, 2.24) is 4.57 Å². The second-order valence-corrected chi connectivity index (χ2v) is 11.5. The lowest BCUT2D eigenvalue weighted by molar-refractivity contribution is 0.781. The normalized spacial score (nSPS) is 14.5. The molecule has 2 nitrogen and oxygen atoms in total. The highest BCUT2D eigenvalue weighted by Crippen LogP contribution is 2.46. The lowest BCUT2D eigenvalue weighted by Gasteiger charge is -2.26. The summed E-state index contributed by atoms with van der Waals surface area (Å²) in [5.74, 6) is 0.458. The second-order valence-electron chi connectivity index (χ2n) is 11.5. The van der Waals surface area contributed by atoms with E-state index in [2.05, 4.69) is 163 Å². The summed E-state index contributed by atoms with van der Waals surface area (Å²) in [5, 5.41) is 5.37. The largest absolute Gasteiger partial charge is 0.343 e. The lowest BCUT2D eigenvalue weighted by Crippen LogP contribution is -2.10. The number of nitrogens with zero attached hydrogens (tertiary/aromatic N) is 2. The predicted molar refractivity (Wildman–Crippen MR) is 180 cm³/mol. The summed E-state index contributed by atoms with van der Waals surface area (Å²) in [7, 11) is 2.23. The smallest absolute Gasteiger partial charge is 0.0571 e. The van der Waals surface area contributed by atoms with Crippen molar-refractivity contribution in [1.29, 1.82) is 0 Å². The van der Waals surface area contributed by atoms with Crippen LogP contribution in [0.1, 0.15) is 30.4 Å². The van der Waals surface area contributed by atoms with Gasteiger partial charge >= 0.3 is 0 Å². The van der Waals surface area contributed by atoms with Crippen molar-refractivity contribution in [3.63, 3.8) is 0 Å². The van der Waals surface area contributed by atoms with Crippen molar-refractivity contribution in [2.24, 2.45) is 7.05 Å². The lowest BCUT2D eigenvalue weighted by atomic mass is 9.82. The zero-order valence-corrected chi connectivity index (χ0v) is 24.0. The van der Waals surface area contributed by atoms with Gasteiger partial charge in [0, 0.05) is 45.8 Å². The maximum absolute atomic E-state index is 2.42. The van der Waals surface area contributed by atoms with Crippen LogP contribution in [0.4, 0.5) is 17.1 Å². The van der Waals surface area contributed by atoms with E-state index in [0.717, 1.165) is 23.5 Å². The zero-order chi connectivity index (χ0) is 28.2. The van der Waals surface area contributed by atoms with E-state index in [1.54, 1.807) is 0 Å². The van der Waals surface area contributed by atoms with Crippen molar-refractivity contribution in [3.8, 4) is 11.1 Å². The maximum atomic E-state index is 2.42. The van der Waals surface area contributed by atoms with Gasteiger partial charge < -0.3 is 9.47 Å². The van der Waals surface area contributed by atoms with E-state index in [-0.39, 0.29) is 0 Å². The number of hydrogen-bond acceptors (Lipinski definition) is 1. The molecule has 1 atom stereocenters. The first-order valence-electron chi connectivity index (χ1n) is 14.8. The quantitative estimate of drug-likeness (QED) is 0.215. The highest BCUT2D eigenvalue weighted by atomic mass is 15.1. The fraction of sp³-hybridized carbons (Fsp3) is 0.100. The molecule has 202 valence electrons. The van der Waals surface area contributed by atoms with Gasteiger partial charge in [-0.05, 0) is 82.4 Å². The first-order valence-corrected chi connectivity index (χ1v) is 14.8. The van der Waals surface area contributed by atoms with Crippen LogP contribution in [0, 0.1) is 0 Å². The Morgan fingerprint density at radius 3 is 2.10 bits per heavy atom. The highest BCUT2D eigenvalue weighted by Gasteiger charge is 2.25. The third-order valence-corrected chi connectivity index (χ3v) is 8.97. The molecule has 0 saturated carbocycles. The average Bonchev–Trinajstić information content (AvgIpc) is 3.34. The van der Waals surface area contributed by atoms with Gasteiger partial charge in [0.25, 0.3) is 0 Å². The van der Waals surface area contributed by atoms with E-state index >= 15 is 0 Å². The van der Waals surface area contributed by atoms with Gasteiger partial charge in [0.2, 0.25) is 0 Å². The molecule has 7 aromatic rings. The Hall–Kier alpha value is -5.08. The van der Waals surface area contributed by atoms with Gasteiger partial charge in [-0.1, -0.05) is 104 Å². The third-order valence-electron chi connectivity index (χ3n) is 8.97. The number of allylic oxidation sites excluding steroid dienone is 1. The number of benzene rings is 6. The van der Waals surface area contributed by atoms with Gasteiger partial charge in [0.15, 0.2) is 0 Å². The first-order chi connectivity index (χ1) is 20.7. The molecule has 8 rings (SSSR count). The minimum Gasteiger partial charge on any atom is -0.343 e. The van der Waals surface area contributed by atoms with Crippen molar-refractivity contribution in [2.45, 2.75) is 19.3 Å². The van der Waals surface area contributed by atoms with E-state index in [1.165, 1.54) is 54.8 Å². The molecule has 42 heavy (non-hydrogen) atoms. The number of fused-ring (bicyclic) bond motifs is 8. The predicted octanol–water partition coefficient (Wildman–Crippen LogP) is 11.1. The molecular formula is C40H32N2. The van der Waals surface area contributed by atoms with Gasteiger partial charge in [-0.3, -0.25) is 0 Å². The average molecular weight is 541 g/mol. The monoisotopic (exact) mass is 540 g/mol. The maximum Gasteiger partial charge on any atom is 0.0571 e. The highest BCUT2D eigenvalue weighted by molar-refractivity contribution is 6.22. The Morgan fingerprint density at radius 2 is 1.29 bits per heavy atom. The molecule has 1 unspecified atom stereocenters. The van der Waals surface area contributed by atoms with Crippen LogP contribution in [0.2, 0.25) is 0 Å². The number of anilines is 3. The molecule has 1 aromatic heterocycles. The van der Waals surface area contributed by atoms with Crippen LogP contribution in [-0.4, -0.2) is 4.57 Å². The number of rotatable bonds is 4. The van der Waals surface area contributed by atoms with Gasteiger partial charge in [-0.15, -0.1) is 0 Å². The molecule has 0 fully saturated rings. The molecule has 0 aliphatic heterocycles. The van der Waals surface area contributed by atoms with E-state index < -0.39 is 0 Å². The fourth-order valence-electron chi connectivity index (χ4n) is 7.04. The van der Waals surface area contributed by atoms with Gasteiger partial charge in [0.05, 0.1) is 5.52 Å². The van der Waals surface area contributed by atoms with Crippen molar-refractivity contribution in [2.75, 3.05) is 4.90 Å². The Bertz CT molecular complexity index is 2130. The molecule has 0 N–H and O–H groups in total. The van der Waals surface area contributed by atoms with Gasteiger partial charge in [-0.25, -0.2) is 0 Å². The van der Waals surface area contributed by atoms with Crippen LogP contribution in [-0.2, 0) is 7.05 Å². The molecule has 0 amide bonds. The van der Waals surface area contributed by atoms with Gasteiger partial charge in [0.1, 0.15) is 0 Å². The minimum atomic E-state index is 0.458. The standard InChI is InChI=1S/C40H32N2/c1-27-13-11-22-34-33-20-9-10-21-35(33)40-39(38(27)34)36-26-32(23-24-37(36)41(40)2)42(30-17-7-4-8-18-30)31-19-12-16-29(25-31)28-14-5-3-6-15-28/h3-12,14-27H,13H2,1-2H3. The summed E-state index contributed by atoms with van der Waals surface area (Å²) >= 11 is 0. The topological polar surface area (TPSA) is 8.17 Å². The SMILES string of the molecule is CC1CC=Cc2c1c1c3cc(N(c4ccccc4)c4cccc(-c5ccccc5)c4)ccc3n(C)c1c1ccccc21. The molecule has 0 spiro atoms. The number of hydrogen-bond donors (Lipinski definition) is 0. The number of para-hydroxylation sites is 1. The fourth-order valence-corrected chi connectivity index (χ4v) is 7.04. The Kier molecular flexibility index (Phi) is 5.75. The molecule has 1 aliphatic rings. The molecule has 6 aromatic carbocycles.